The molecule has 1 N–H and O–H groups in total. The van der Waals surface area contributed by atoms with E-state index in [1.165, 1.54) is 17.0 Å². The minimum absolute atomic E-state index is 0.260. The standard InChI is InChI=1S/C19H22ClF3N2O4/c1-18(2,3)15(17(28)25-9-5-6-11(25)10-26)24-16(27)12-7-4-8-13(14(12)20)29-19(21,22)23/h4,7-8,10-11,15H,5-6,9H2,1-3H3,(H,24,27)/t11-,15+/m0/s1. The first-order valence-corrected chi connectivity index (χ1v) is 9.34. The number of carbonyl (C=O) groups excluding carboxylic acids is 3. The molecule has 0 aliphatic carbocycles. The summed E-state index contributed by atoms with van der Waals surface area (Å²) < 4.78 is 41.4. The fraction of sp³-hybridized carbons (Fsp3) is 0.526. The van der Waals surface area contributed by atoms with E-state index in [4.69, 9.17) is 11.6 Å². The zero-order valence-electron chi connectivity index (χ0n) is 16.2. The van der Waals surface area contributed by atoms with Crippen LogP contribution < -0.4 is 10.1 Å². The normalized spacial score (nSPS) is 18.3. The van der Waals surface area contributed by atoms with Crippen LogP contribution in [0.5, 0.6) is 5.75 Å². The van der Waals surface area contributed by atoms with Crippen LogP contribution in [0.2, 0.25) is 5.02 Å². The van der Waals surface area contributed by atoms with Gasteiger partial charge in [-0.15, -0.1) is 13.2 Å². The number of hydrogen-bond donors (Lipinski definition) is 1. The van der Waals surface area contributed by atoms with Crippen LogP contribution in [0.1, 0.15) is 44.0 Å². The number of halogens is 4. The lowest BCUT2D eigenvalue weighted by atomic mass is 9.85. The Morgan fingerprint density at radius 1 is 1.31 bits per heavy atom. The Labute approximate surface area is 171 Å². The van der Waals surface area contributed by atoms with Gasteiger partial charge in [-0.2, -0.15) is 0 Å². The maximum absolute atomic E-state index is 13.0. The number of nitrogens with one attached hydrogen (secondary N) is 1. The molecule has 1 saturated heterocycles. The average Bonchev–Trinajstić information content (AvgIpc) is 3.07. The Morgan fingerprint density at radius 2 is 1.97 bits per heavy atom. The highest BCUT2D eigenvalue weighted by Gasteiger charge is 2.40. The molecule has 0 spiro atoms. The molecule has 0 aromatic heterocycles. The van der Waals surface area contributed by atoms with E-state index in [9.17, 15) is 27.6 Å². The third-order valence-corrected chi connectivity index (χ3v) is 4.95. The lowest BCUT2D eigenvalue weighted by Gasteiger charge is -2.34. The quantitative estimate of drug-likeness (QED) is 0.719. The summed E-state index contributed by atoms with van der Waals surface area (Å²) in [5, 5.41) is 2.04. The molecule has 2 rings (SSSR count). The molecule has 1 aliphatic rings. The molecule has 10 heteroatoms. The van der Waals surface area contributed by atoms with Crippen LogP contribution in [-0.4, -0.2) is 48.0 Å². The maximum Gasteiger partial charge on any atom is 0.573 e. The molecule has 1 heterocycles. The molecule has 29 heavy (non-hydrogen) atoms. The number of carbonyl (C=O) groups is 3. The van der Waals surface area contributed by atoms with Crippen molar-refractivity contribution in [2.24, 2.45) is 5.41 Å². The van der Waals surface area contributed by atoms with Crippen LogP contribution in [-0.2, 0) is 9.59 Å². The van der Waals surface area contributed by atoms with Gasteiger partial charge in [0.2, 0.25) is 5.91 Å². The summed E-state index contributed by atoms with van der Waals surface area (Å²) in [6.07, 6.45) is -3.06. The van der Waals surface area contributed by atoms with E-state index in [0.717, 1.165) is 6.07 Å². The van der Waals surface area contributed by atoms with Gasteiger partial charge >= 0.3 is 6.36 Å². The molecular formula is C19H22ClF3N2O4. The highest BCUT2D eigenvalue weighted by molar-refractivity contribution is 6.35. The second-order valence-corrected chi connectivity index (χ2v) is 8.19. The Morgan fingerprint density at radius 3 is 2.52 bits per heavy atom. The highest BCUT2D eigenvalue weighted by atomic mass is 35.5. The van der Waals surface area contributed by atoms with Gasteiger partial charge < -0.3 is 19.7 Å². The minimum atomic E-state index is -4.97. The number of ether oxygens (including phenoxy) is 1. The number of hydrogen-bond acceptors (Lipinski definition) is 4. The first-order valence-electron chi connectivity index (χ1n) is 8.96. The van der Waals surface area contributed by atoms with Crippen molar-refractivity contribution < 1.29 is 32.3 Å². The molecule has 1 aliphatic heterocycles. The molecule has 2 atom stereocenters. The molecule has 2 amide bonds. The Hall–Kier alpha value is -2.29. The molecule has 0 unspecified atom stereocenters. The van der Waals surface area contributed by atoms with E-state index in [1.54, 1.807) is 20.8 Å². The minimum Gasteiger partial charge on any atom is -0.404 e. The SMILES string of the molecule is CC(C)(C)[C@H](NC(=O)c1cccc(OC(F)(F)F)c1Cl)C(=O)N1CCC[C@H]1C=O. The smallest absolute Gasteiger partial charge is 0.404 e. The van der Waals surface area contributed by atoms with E-state index in [2.05, 4.69) is 10.1 Å². The summed E-state index contributed by atoms with van der Waals surface area (Å²) in [4.78, 5) is 38.4. The number of rotatable bonds is 5. The Kier molecular flexibility index (Phi) is 6.82. The summed E-state index contributed by atoms with van der Waals surface area (Å²) in [5.41, 5.74) is -0.987. The molecule has 1 aromatic rings. The fourth-order valence-corrected chi connectivity index (χ4v) is 3.37. The van der Waals surface area contributed by atoms with Crippen molar-refractivity contribution in [1.82, 2.24) is 10.2 Å². The Bertz CT molecular complexity index is 793. The van der Waals surface area contributed by atoms with E-state index in [-0.39, 0.29) is 5.56 Å². The van der Waals surface area contributed by atoms with Crippen LogP contribution in [0.15, 0.2) is 18.2 Å². The lowest BCUT2D eigenvalue weighted by Crippen LogP contribution is -2.56. The van der Waals surface area contributed by atoms with E-state index >= 15 is 0 Å². The summed E-state index contributed by atoms with van der Waals surface area (Å²) in [6, 6.07) is 1.83. The molecule has 1 fully saturated rings. The van der Waals surface area contributed by atoms with Gasteiger partial charge in [-0.3, -0.25) is 9.59 Å². The summed E-state index contributed by atoms with van der Waals surface area (Å²) in [6.45, 7) is 5.58. The highest BCUT2D eigenvalue weighted by Crippen LogP contribution is 2.33. The lowest BCUT2D eigenvalue weighted by molar-refractivity contribution is -0.274. The van der Waals surface area contributed by atoms with Gasteiger partial charge in [0.25, 0.3) is 5.91 Å². The molecule has 160 valence electrons. The average molecular weight is 435 g/mol. The van der Waals surface area contributed by atoms with Crippen LogP contribution in [0.25, 0.3) is 0 Å². The van der Waals surface area contributed by atoms with Crippen molar-refractivity contribution in [3.63, 3.8) is 0 Å². The van der Waals surface area contributed by atoms with Gasteiger partial charge in [-0.1, -0.05) is 38.4 Å². The molecule has 0 radical (unpaired) electrons. The topological polar surface area (TPSA) is 75.7 Å². The zero-order chi connectivity index (χ0) is 22.0. The predicted octanol–water partition coefficient (Wildman–Crippen LogP) is 3.57. The third kappa shape index (κ3) is 5.62. The van der Waals surface area contributed by atoms with Gasteiger partial charge in [0.05, 0.1) is 16.6 Å². The largest absolute Gasteiger partial charge is 0.573 e. The van der Waals surface area contributed by atoms with Crippen molar-refractivity contribution in [1.29, 1.82) is 0 Å². The number of benzene rings is 1. The number of amides is 2. The summed E-state index contributed by atoms with van der Waals surface area (Å²) in [7, 11) is 0. The first kappa shape index (κ1) is 23.0. The van der Waals surface area contributed by atoms with E-state index in [0.29, 0.717) is 25.7 Å². The van der Waals surface area contributed by atoms with Crippen LogP contribution in [0.3, 0.4) is 0 Å². The summed E-state index contributed by atoms with van der Waals surface area (Å²) in [5.74, 6) is -1.97. The number of likely N-dealkylation sites (tertiary alicyclic amines) is 1. The predicted molar refractivity (Wildman–Crippen MR) is 99.6 cm³/mol. The van der Waals surface area contributed by atoms with E-state index < -0.39 is 46.4 Å². The van der Waals surface area contributed by atoms with Crippen LogP contribution in [0, 0.1) is 5.41 Å². The molecule has 1 aromatic carbocycles. The fourth-order valence-electron chi connectivity index (χ4n) is 3.12. The maximum atomic E-state index is 13.0. The number of alkyl halides is 3. The van der Waals surface area contributed by atoms with Gasteiger partial charge in [0.15, 0.2) is 0 Å². The van der Waals surface area contributed by atoms with E-state index in [1.807, 2.05) is 0 Å². The van der Waals surface area contributed by atoms with Crippen molar-refractivity contribution in [3.8, 4) is 5.75 Å². The van der Waals surface area contributed by atoms with Crippen molar-refractivity contribution in [3.05, 3.63) is 28.8 Å². The molecule has 6 nitrogen and oxygen atoms in total. The second-order valence-electron chi connectivity index (χ2n) is 7.82. The third-order valence-electron chi connectivity index (χ3n) is 4.56. The van der Waals surface area contributed by atoms with Gasteiger partial charge in [-0.05, 0) is 30.4 Å². The second kappa shape index (κ2) is 8.61. The van der Waals surface area contributed by atoms with Gasteiger partial charge in [0.1, 0.15) is 18.1 Å². The van der Waals surface area contributed by atoms with Crippen molar-refractivity contribution in [2.75, 3.05) is 6.54 Å². The molecule has 0 saturated carbocycles. The first-order chi connectivity index (χ1) is 13.3. The van der Waals surface area contributed by atoms with Crippen LogP contribution in [0.4, 0.5) is 13.2 Å². The van der Waals surface area contributed by atoms with Crippen molar-refractivity contribution >= 4 is 29.7 Å². The number of nitrogens with zero attached hydrogens (tertiary/aromatic N) is 1. The zero-order valence-corrected chi connectivity index (χ0v) is 16.9. The van der Waals surface area contributed by atoms with Crippen molar-refractivity contribution in [2.45, 2.75) is 52.1 Å². The van der Waals surface area contributed by atoms with Crippen LogP contribution >= 0.6 is 11.6 Å². The van der Waals surface area contributed by atoms with Gasteiger partial charge in [0, 0.05) is 6.54 Å². The molecular weight excluding hydrogens is 413 g/mol. The Balaban J connectivity index is 2.29. The monoisotopic (exact) mass is 434 g/mol. The molecule has 0 bridgehead atoms. The summed E-state index contributed by atoms with van der Waals surface area (Å²) >= 11 is 5.93. The number of aldehydes is 1. The van der Waals surface area contributed by atoms with Gasteiger partial charge in [-0.25, -0.2) is 0 Å².